The van der Waals surface area contributed by atoms with Gasteiger partial charge in [0.15, 0.2) is 0 Å². The topological polar surface area (TPSA) is 46.6 Å². The molecule has 0 unspecified atom stereocenters. The summed E-state index contributed by atoms with van der Waals surface area (Å²) in [5.74, 6) is -1.43. The lowest BCUT2D eigenvalue weighted by molar-refractivity contribution is -0.157. The van der Waals surface area contributed by atoms with E-state index in [-0.39, 0.29) is 0 Å². The third-order valence-electron chi connectivity index (χ3n) is 3.54. The lowest BCUT2D eigenvalue weighted by Crippen LogP contribution is -2.33. The molecule has 0 heterocycles. The summed E-state index contributed by atoms with van der Waals surface area (Å²) in [7, 11) is 2.83. The van der Waals surface area contributed by atoms with Gasteiger partial charge >= 0.3 is 11.9 Å². The van der Waals surface area contributed by atoms with Gasteiger partial charge in [0, 0.05) is 13.6 Å². The van der Waals surface area contributed by atoms with Crippen LogP contribution in [0, 0.1) is 0 Å². The Morgan fingerprint density at radius 3 is 2.58 bits per heavy atom. The number of nitrogens with zero attached hydrogens (tertiary/aromatic N) is 1. The van der Waals surface area contributed by atoms with Crippen LogP contribution in [-0.2, 0) is 33.7 Å². The Kier molecular flexibility index (Phi) is 4.20. The monoisotopic (exact) mass is 261 g/mol. The Bertz CT molecular complexity index is 496. The molecule has 1 aliphatic carbocycles. The van der Waals surface area contributed by atoms with E-state index in [2.05, 4.69) is 16.9 Å². The molecule has 1 aromatic rings. The summed E-state index contributed by atoms with van der Waals surface area (Å²) in [6.07, 6.45) is 4.74. The summed E-state index contributed by atoms with van der Waals surface area (Å²) in [5.41, 5.74) is 3.85. The number of benzene rings is 1. The van der Waals surface area contributed by atoms with Crippen molar-refractivity contribution in [3.8, 4) is 0 Å². The van der Waals surface area contributed by atoms with Crippen LogP contribution in [-0.4, -0.2) is 30.9 Å². The lowest BCUT2D eigenvalue weighted by atomic mass is 9.90. The summed E-state index contributed by atoms with van der Waals surface area (Å²) >= 11 is 0. The fraction of sp³-hybridized carbons (Fsp3) is 0.467. The van der Waals surface area contributed by atoms with E-state index in [1.807, 2.05) is 6.07 Å². The fourth-order valence-electron chi connectivity index (χ4n) is 2.47. The second-order valence-electron chi connectivity index (χ2n) is 4.96. The van der Waals surface area contributed by atoms with Gasteiger partial charge in [0.1, 0.15) is 0 Å². The highest BCUT2D eigenvalue weighted by Crippen LogP contribution is 2.22. The molecule has 0 N–H and O–H groups in total. The molecule has 0 bridgehead atoms. The Hall–Kier alpha value is -1.84. The van der Waals surface area contributed by atoms with Crippen LogP contribution in [0.25, 0.3) is 0 Å². The molecule has 0 radical (unpaired) electrons. The Balaban J connectivity index is 2.07. The molecule has 0 aliphatic heterocycles. The molecule has 1 aliphatic rings. The summed E-state index contributed by atoms with van der Waals surface area (Å²) in [6, 6.07) is 6.32. The smallest absolute Gasteiger partial charge is 0.396 e. The molecule has 4 heteroatoms. The predicted octanol–water partition coefficient (Wildman–Crippen LogP) is 1.70. The Morgan fingerprint density at radius 1 is 1.21 bits per heavy atom. The van der Waals surface area contributed by atoms with Gasteiger partial charge < -0.3 is 9.64 Å². The standard InChI is InChI=1S/C15H19NO3/c1-16(14(17)15(18)19-2)10-11-7-8-12-5-3-4-6-13(12)9-11/h7-9H,3-6,10H2,1-2H3. The van der Waals surface area contributed by atoms with Crippen molar-refractivity contribution < 1.29 is 14.3 Å². The quantitative estimate of drug-likeness (QED) is 0.601. The van der Waals surface area contributed by atoms with Crippen LogP contribution < -0.4 is 0 Å². The van der Waals surface area contributed by atoms with E-state index in [4.69, 9.17) is 0 Å². The summed E-state index contributed by atoms with van der Waals surface area (Å²) in [4.78, 5) is 24.2. The first-order valence-corrected chi connectivity index (χ1v) is 6.56. The average molecular weight is 261 g/mol. The third-order valence-corrected chi connectivity index (χ3v) is 3.54. The first kappa shape index (κ1) is 13.6. The van der Waals surface area contributed by atoms with Gasteiger partial charge in [-0.1, -0.05) is 18.2 Å². The van der Waals surface area contributed by atoms with Crippen LogP contribution in [0.15, 0.2) is 18.2 Å². The molecule has 1 amide bonds. The van der Waals surface area contributed by atoms with Crippen molar-refractivity contribution in [1.29, 1.82) is 0 Å². The number of methoxy groups -OCH3 is 1. The molecule has 0 aromatic heterocycles. The minimum Gasteiger partial charge on any atom is -0.462 e. The van der Waals surface area contributed by atoms with Crippen molar-refractivity contribution >= 4 is 11.9 Å². The molecule has 0 saturated carbocycles. The van der Waals surface area contributed by atoms with E-state index in [9.17, 15) is 9.59 Å². The number of likely N-dealkylation sites (N-methyl/N-ethyl adjacent to an activating group) is 1. The van der Waals surface area contributed by atoms with Gasteiger partial charge in [-0.25, -0.2) is 4.79 Å². The number of carbonyl (C=O) groups is 2. The normalized spacial score (nSPS) is 13.6. The van der Waals surface area contributed by atoms with Crippen LogP contribution in [0.5, 0.6) is 0 Å². The van der Waals surface area contributed by atoms with Crippen LogP contribution in [0.1, 0.15) is 29.5 Å². The molecule has 0 saturated heterocycles. The van der Waals surface area contributed by atoms with Crippen molar-refractivity contribution in [3.63, 3.8) is 0 Å². The van der Waals surface area contributed by atoms with Crippen LogP contribution in [0.3, 0.4) is 0 Å². The minimum atomic E-state index is -0.819. The summed E-state index contributed by atoms with van der Waals surface area (Å²) < 4.78 is 4.43. The van der Waals surface area contributed by atoms with Crippen molar-refractivity contribution in [2.75, 3.05) is 14.2 Å². The van der Waals surface area contributed by atoms with Gasteiger partial charge in [-0.15, -0.1) is 0 Å². The van der Waals surface area contributed by atoms with Gasteiger partial charge in [0.05, 0.1) is 7.11 Å². The number of carbonyl (C=O) groups excluding carboxylic acids is 2. The van der Waals surface area contributed by atoms with E-state index in [1.165, 1.54) is 36.0 Å². The second-order valence-corrected chi connectivity index (χ2v) is 4.96. The number of amides is 1. The number of rotatable bonds is 2. The zero-order valence-electron chi connectivity index (χ0n) is 11.4. The van der Waals surface area contributed by atoms with Gasteiger partial charge in [-0.2, -0.15) is 0 Å². The highest BCUT2D eigenvalue weighted by atomic mass is 16.5. The second kappa shape index (κ2) is 5.87. The zero-order chi connectivity index (χ0) is 13.8. The Morgan fingerprint density at radius 2 is 1.89 bits per heavy atom. The Labute approximate surface area is 113 Å². The number of hydrogen-bond acceptors (Lipinski definition) is 3. The molecule has 4 nitrogen and oxygen atoms in total. The fourth-order valence-corrected chi connectivity index (χ4v) is 2.47. The minimum absolute atomic E-state index is 0.432. The number of esters is 1. The molecule has 0 atom stereocenters. The number of aryl methyl sites for hydroxylation is 2. The van der Waals surface area contributed by atoms with Crippen LogP contribution in [0.4, 0.5) is 0 Å². The van der Waals surface area contributed by atoms with Crippen LogP contribution in [0.2, 0.25) is 0 Å². The maximum absolute atomic E-state index is 11.6. The van der Waals surface area contributed by atoms with E-state index in [1.54, 1.807) is 7.05 Å². The molecular formula is C15H19NO3. The number of hydrogen-bond donors (Lipinski definition) is 0. The summed E-state index contributed by atoms with van der Waals surface area (Å²) in [6.45, 7) is 0.432. The highest BCUT2D eigenvalue weighted by molar-refractivity contribution is 6.32. The molecule has 19 heavy (non-hydrogen) atoms. The maximum Gasteiger partial charge on any atom is 0.396 e. The molecule has 0 spiro atoms. The van der Waals surface area contributed by atoms with Crippen molar-refractivity contribution in [1.82, 2.24) is 4.90 Å². The zero-order valence-corrected chi connectivity index (χ0v) is 11.4. The van der Waals surface area contributed by atoms with Gasteiger partial charge in [0.25, 0.3) is 0 Å². The molecular weight excluding hydrogens is 242 g/mol. The molecule has 102 valence electrons. The van der Waals surface area contributed by atoms with E-state index >= 15 is 0 Å². The first-order chi connectivity index (χ1) is 9.11. The van der Waals surface area contributed by atoms with Crippen molar-refractivity contribution in [3.05, 3.63) is 34.9 Å². The number of ether oxygens (including phenoxy) is 1. The van der Waals surface area contributed by atoms with Gasteiger partial charge in [-0.05, 0) is 42.4 Å². The van der Waals surface area contributed by atoms with Crippen molar-refractivity contribution in [2.24, 2.45) is 0 Å². The van der Waals surface area contributed by atoms with Crippen LogP contribution >= 0.6 is 0 Å². The highest BCUT2D eigenvalue weighted by Gasteiger charge is 2.19. The third kappa shape index (κ3) is 3.13. The largest absolute Gasteiger partial charge is 0.462 e. The molecule has 2 rings (SSSR count). The first-order valence-electron chi connectivity index (χ1n) is 6.56. The molecule has 0 fully saturated rings. The predicted molar refractivity (Wildman–Crippen MR) is 71.6 cm³/mol. The van der Waals surface area contributed by atoms with E-state index in [0.717, 1.165) is 18.4 Å². The number of fused-ring (bicyclic) bond motifs is 1. The van der Waals surface area contributed by atoms with Gasteiger partial charge in [0.2, 0.25) is 0 Å². The van der Waals surface area contributed by atoms with E-state index < -0.39 is 11.9 Å². The lowest BCUT2D eigenvalue weighted by Gasteiger charge is -2.19. The van der Waals surface area contributed by atoms with Gasteiger partial charge in [-0.3, -0.25) is 4.79 Å². The summed E-state index contributed by atoms with van der Waals surface area (Å²) in [5, 5.41) is 0. The average Bonchev–Trinajstić information content (AvgIpc) is 2.45. The SMILES string of the molecule is COC(=O)C(=O)N(C)Cc1ccc2c(c1)CCCC2. The van der Waals surface area contributed by atoms with Crippen molar-refractivity contribution in [2.45, 2.75) is 32.2 Å². The maximum atomic E-state index is 11.6. The molecule has 1 aromatic carbocycles. The van der Waals surface area contributed by atoms with E-state index in [0.29, 0.717) is 6.54 Å².